The van der Waals surface area contributed by atoms with Crippen LogP contribution in [-0.4, -0.2) is 46.6 Å². The van der Waals surface area contributed by atoms with Gasteiger partial charge in [0.25, 0.3) is 5.56 Å². The van der Waals surface area contributed by atoms with Gasteiger partial charge in [-0.15, -0.1) is 5.92 Å². The summed E-state index contributed by atoms with van der Waals surface area (Å²) in [5.41, 5.74) is 7.89. The fourth-order valence-corrected chi connectivity index (χ4v) is 5.29. The van der Waals surface area contributed by atoms with Gasteiger partial charge in [-0.05, 0) is 37.5 Å². The third-order valence-electron chi connectivity index (χ3n) is 6.08. The van der Waals surface area contributed by atoms with Crippen LogP contribution in [0.1, 0.15) is 25.3 Å². The number of anilines is 1. The van der Waals surface area contributed by atoms with Gasteiger partial charge in [-0.2, -0.15) is 13.7 Å². The maximum Gasteiger partial charge on any atom is 0.332 e. The van der Waals surface area contributed by atoms with Gasteiger partial charge in [0.15, 0.2) is 11.2 Å². The molecule has 10 nitrogen and oxygen atoms in total. The molecular weight excluding hydrogens is 476 g/mol. The van der Waals surface area contributed by atoms with Crippen LogP contribution < -0.4 is 21.9 Å². The van der Waals surface area contributed by atoms with Gasteiger partial charge in [-0.1, -0.05) is 17.5 Å². The Morgan fingerprint density at radius 1 is 1.26 bits per heavy atom. The molecule has 1 saturated heterocycles. The van der Waals surface area contributed by atoms with Crippen molar-refractivity contribution < 1.29 is 0 Å². The number of nitrogens with two attached hydrogens (primary N) is 1. The van der Waals surface area contributed by atoms with Crippen LogP contribution in [0.5, 0.6) is 0 Å². The van der Waals surface area contributed by atoms with Gasteiger partial charge in [0, 0.05) is 26.2 Å². The smallest absolute Gasteiger partial charge is 0.332 e. The molecule has 0 spiro atoms. The van der Waals surface area contributed by atoms with Crippen molar-refractivity contribution in [2.75, 3.05) is 18.0 Å². The third-order valence-corrected chi connectivity index (χ3v) is 6.91. The molecule has 0 radical (unpaired) electrons. The van der Waals surface area contributed by atoms with Gasteiger partial charge < -0.3 is 10.6 Å². The second kappa shape index (κ2) is 8.87. The monoisotopic (exact) mass is 498 g/mol. The average Bonchev–Trinajstić information content (AvgIpc) is 3.44. The van der Waals surface area contributed by atoms with E-state index in [1.165, 1.54) is 9.13 Å². The molecule has 1 atom stereocenters. The number of nitrogens with zero attached hydrogens (tertiary/aromatic N) is 7. The van der Waals surface area contributed by atoms with Crippen LogP contribution in [0.3, 0.4) is 0 Å². The highest BCUT2D eigenvalue weighted by atomic mass is 35.5. The van der Waals surface area contributed by atoms with Crippen LogP contribution in [-0.2, 0) is 20.1 Å². The summed E-state index contributed by atoms with van der Waals surface area (Å²) >= 11 is 7.41. The topological polar surface area (TPSA) is 117 Å². The lowest BCUT2D eigenvalue weighted by Crippen LogP contribution is -2.44. The Hall–Kier alpha value is -3.20. The van der Waals surface area contributed by atoms with Crippen molar-refractivity contribution >= 4 is 51.5 Å². The van der Waals surface area contributed by atoms with E-state index < -0.39 is 11.2 Å². The zero-order chi connectivity index (χ0) is 24.0. The first-order chi connectivity index (χ1) is 16.4. The van der Waals surface area contributed by atoms with Crippen molar-refractivity contribution in [1.29, 1.82) is 0 Å². The maximum absolute atomic E-state index is 13.7. The van der Waals surface area contributed by atoms with E-state index in [1.54, 1.807) is 30.7 Å². The second-order valence-corrected chi connectivity index (χ2v) is 9.32. The summed E-state index contributed by atoms with van der Waals surface area (Å²) in [5.74, 6) is 6.53. The molecule has 1 aliphatic heterocycles. The van der Waals surface area contributed by atoms with Crippen LogP contribution in [0.15, 0.2) is 21.7 Å². The largest absolute Gasteiger partial charge is 0.341 e. The zero-order valence-electron chi connectivity index (χ0n) is 18.8. The van der Waals surface area contributed by atoms with E-state index >= 15 is 0 Å². The number of aryl methyl sites for hydroxylation is 1. The van der Waals surface area contributed by atoms with E-state index in [-0.39, 0.29) is 19.1 Å². The number of fused-ring (bicyclic) bond motifs is 2. The number of hydrogen-bond donors (Lipinski definition) is 1. The molecule has 3 aromatic heterocycles. The van der Waals surface area contributed by atoms with E-state index in [4.69, 9.17) is 22.3 Å². The minimum absolute atomic E-state index is 0.0274. The molecule has 4 heterocycles. The Labute approximate surface area is 203 Å². The molecule has 12 heteroatoms. The highest BCUT2D eigenvalue weighted by Gasteiger charge is 2.26. The average molecular weight is 499 g/mol. The number of hydrogen-bond acceptors (Lipinski definition) is 8. The lowest BCUT2D eigenvalue weighted by atomic mass is 10.1. The Balaban J connectivity index is 1.69. The molecule has 0 amide bonds. The second-order valence-electron chi connectivity index (χ2n) is 8.39. The van der Waals surface area contributed by atoms with Crippen LogP contribution in [0.2, 0.25) is 5.02 Å². The summed E-state index contributed by atoms with van der Waals surface area (Å²) in [4.78, 5) is 33.7. The Bertz CT molecular complexity index is 1590. The fourth-order valence-electron chi connectivity index (χ4n) is 4.42. The van der Waals surface area contributed by atoms with E-state index in [0.29, 0.717) is 45.3 Å². The van der Waals surface area contributed by atoms with Crippen LogP contribution in [0, 0.1) is 11.8 Å². The molecular formula is C22H23ClN8O2S. The normalized spacial score (nSPS) is 16.2. The van der Waals surface area contributed by atoms with Gasteiger partial charge >= 0.3 is 5.69 Å². The van der Waals surface area contributed by atoms with Crippen LogP contribution in [0.4, 0.5) is 5.95 Å². The molecule has 0 bridgehead atoms. The highest BCUT2D eigenvalue weighted by Crippen LogP contribution is 2.25. The minimum Gasteiger partial charge on any atom is -0.341 e. The fraction of sp³-hybridized carbons (Fsp3) is 0.409. The number of piperidine rings is 1. The maximum atomic E-state index is 13.7. The van der Waals surface area contributed by atoms with Crippen molar-refractivity contribution in [2.24, 2.45) is 12.8 Å². The molecule has 0 aliphatic carbocycles. The molecule has 0 saturated carbocycles. The third kappa shape index (κ3) is 3.77. The Kier molecular flexibility index (Phi) is 5.89. The van der Waals surface area contributed by atoms with Gasteiger partial charge in [-0.3, -0.25) is 18.5 Å². The molecule has 34 heavy (non-hydrogen) atoms. The Morgan fingerprint density at radius 3 is 2.85 bits per heavy atom. The number of halogens is 1. The summed E-state index contributed by atoms with van der Waals surface area (Å²) in [6.07, 6.45) is 1.87. The first-order valence-electron chi connectivity index (χ1n) is 10.9. The van der Waals surface area contributed by atoms with Crippen molar-refractivity contribution in [2.45, 2.75) is 38.9 Å². The standard InChI is InChI=1S/C22H23ClN8O2S/c1-3-4-8-30-18-19(25-21(30)29-7-5-6-14(24)12-29)28(2)22(33)31(20(18)32)11-13-9-15(23)17-16(10-13)26-34-27-17/h9-10,14H,5-8,11-12,24H2,1-2H3/t14-/m1/s1. The van der Waals surface area contributed by atoms with Crippen LogP contribution >= 0.6 is 23.3 Å². The lowest BCUT2D eigenvalue weighted by Gasteiger charge is -2.31. The molecule has 4 aromatic rings. The van der Waals surface area contributed by atoms with E-state index in [2.05, 4.69) is 25.5 Å². The van der Waals surface area contributed by atoms with Gasteiger partial charge in [0.2, 0.25) is 5.95 Å². The van der Waals surface area contributed by atoms with E-state index in [0.717, 1.165) is 31.1 Å². The zero-order valence-corrected chi connectivity index (χ0v) is 20.4. The summed E-state index contributed by atoms with van der Waals surface area (Å²) < 4.78 is 12.8. The summed E-state index contributed by atoms with van der Waals surface area (Å²) in [6, 6.07) is 3.53. The molecule has 1 fully saturated rings. The predicted molar refractivity (Wildman–Crippen MR) is 134 cm³/mol. The summed E-state index contributed by atoms with van der Waals surface area (Å²) in [5, 5.41) is 0.430. The van der Waals surface area contributed by atoms with E-state index in [9.17, 15) is 9.59 Å². The first kappa shape index (κ1) is 22.6. The van der Waals surface area contributed by atoms with Crippen molar-refractivity contribution in [3.05, 3.63) is 43.6 Å². The quantitative estimate of drug-likeness (QED) is 0.424. The summed E-state index contributed by atoms with van der Waals surface area (Å²) in [7, 11) is 1.62. The minimum atomic E-state index is -0.460. The van der Waals surface area contributed by atoms with Crippen molar-refractivity contribution in [3.8, 4) is 11.8 Å². The van der Waals surface area contributed by atoms with Crippen molar-refractivity contribution in [3.63, 3.8) is 0 Å². The molecule has 176 valence electrons. The van der Waals surface area contributed by atoms with Crippen molar-refractivity contribution in [1.82, 2.24) is 27.4 Å². The first-order valence-corrected chi connectivity index (χ1v) is 12.0. The van der Waals surface area contributed by atoms with Crippen LogP contribution in [0.25, 0.3) is 22.2 Å². The highest BCUT2D eigenvalue weighted by molar-refractivity contribution is 7.00. The number of rotatable bonds is 4. The number of aromatic nitrogens is 6. The predicted octanol–water partition coefficient (Wildman–Crippen LogP) is 1.55. The SMILES string of the molecule is CC#CCn1c(N2CCC[C@@H](N)C2)nc2c1c(=O)n(Cc1cc(Cl)c3nsnc3c1)c(=O)n2C. The molecule has 1 aliphatic rings. The summed E-state index contributed by atoms with van der Waals surface area (Å²) in [6.45, 7) is 3.48. The molecule has 5 rings (SSSR count). The molecule has 1 aromatic carbocycles. The Morgan fingerprint density at radius 2 is 2.09 bits per heavy atom. The lowest BCUT2D eigenvalue weighted by molar-refractivity contribution is 0.496. The molecule has 2 N–H and O–H groups in total. The number of benzene rings is 1. The van der Waals surface area contributed by atoms with E-state index in [1.807, 2.05) is 0 Å². The van der Waals surface area contributed by atoms with Gasteiger partial charge in [0.1, 0.15) is 11.0 Å². The van der Waals surface area contributed by atoms with Gasteiger partial charge in [0.05, 0.1) is 29.8 Å². The van der Waals surface area contributed by atoms with Gasteiger partial charge in [-0.25, -0.2) is 4.79 Å². The number of imidazole rings is 1. The molecule has 0 unspecified atom stereocenters.